The van der Waals surface area contributed by atoms with Crippen LogP contribution in [0.1, 0.15) is 58.3 Å². The Kier molecular flexibility index (Phi) is 3.93. The van der Waals surface area contributed by atoms with Crippen LogP contribution in [0.25, 0.3) is 0 Å². The second-order valence-electron chi connectivity index (χ2n) is 6.04. The smallest absolute Gasteiger partial charge is 0.329 e. The molecule has 0 radical (unpaired) electrons. The van der Waals surface area contributed by atoms with Gasteiger partial charge in [0, 0.05) is 6.42 Å². The molecule has 2 fully saturated rings. The summed E-state index contributed by atoms with van der Waals surface area (Å²) in [6.07, 6.45) is 8.22. The van der Waals surface area contributed by atoms with Crippen molar-refractivity contribution in [3.63, 3.8) is 0 Å². The summed E-state index contributed by atoms with van der Waals surface area (Å²) < 4.78 is 0. The second-order valence-corrected chi connectivity index (χ2v) is 6.04. The van der Waals surface area contributed by atoms with E-state index in [1.165, 1.54) is 19.3 Å². The molecule has 0 heterocycles. The van der Waals surface area contributed by atoms with Crippen LogP contribution >= 0.6 is 0 Å². The van der Waals surface area contributed by atoms with Gasteiger partial charge in [-0.3, -0.25) is 4.79 Å². The summed E-state index contributed by atoms with van der Waals surface area (Å²) in [5.74, 6) is -0.415. The van der Waals surface area contributed by atoms with Crippen LogP contribution in [-0.2, 0) is 9.59 Å². The zero-order chi connectivity index (χ0) is 13.2. The highest BCUT2D eigenvalue weighted by Crippen LogP contribution is 2.40. The molecule has 2 saturated carbocycles. The minimum Gasteiger partial charge on any atom is -0.480 e. The predicted molar refractivity (Wildman–Crippen MR) is 68.1 cm³/mol. The lowest BCUT2D eigenvalue weighted by atomic mass is 9.86. The fraction of sp³-hybridized carbons (Fsp3) is 0.857. The molecule has 18 heavy (non-hydrogen) atoms. The third-order valence-electron chi connectivity index (χ3n) is 4.44. The first-order valence-electron chi connectivity index (χ1n) is 7.07. The summed E-state index contributed by atoms with van der Waals surface area (Å²) in [6.45, 7) is 1.64. The molecule has 0 saturated heterocycles. The number of carboxylic acids is 1. The Hall–Kier alpha value is -1.06. The van der Waals surface area contributed by atoms with E-state index in [0.717, 1.165) is 25.7 Å². The van der Waals surface area contributed by atoms with Gasteiger partial charge in [-0.15, -0.1) is 0 Å². The number of hydrogen-bond acceptors (Lipinski definition) is 2. The molecule has 0 spiro atoms. The van der Waals surface area contributed by atoms with Crippen molar-refractivity contribution < 1.29 is 14.7 Å². The van der Waals surface area contributed by atoms with Gasteiger partial charge in [0.25, 0.3) is 0 Å². The maximum Gasteiger partial charge on any atom is 0.329 e. The Balaban J connectivity index is 1.86. The Bertz CT molecular complexity index is 332. The fourth-order valence-corrected chi connectivity index (χ4v) is 2.98. The minimum absolute atomic E-state index is 0.0845. The Morgan fingerprint density at radius 3 is 2.28 bits per heavy atom. The second kappa shape index (κ2) is 5.29. The predicted octanol–water partition coefficient (Wildman–Crippen LogP) is 2.33. The van der Waals surface area contributed by atoms with E-state index >= 15 is 0 Å². The van der Waals surface area contributed by atoms with Crippen molar-refractivity contribution in [1.82, 2.24) is 5.32 Å². The summed E-state index contributed by atoms with van der Waals surface area (Å²) in [5, 5.41) is 12.0. The number of carbonyl (C=O) groups excluding carboxylic acids is 1. The van der Waals surface area contributed by atoms with E-state index in [4.69, 9.17) is 0 Å². The Morgan fingerprint density at radius 1 is 1.17 bits per heavy atom. The molecule has 2 aliphatic carbocycles. The van der Waals surface area contributed by atoms with E-state index < -0.39 is 11.5 Å². The van der Waals surface area contributed by atoms with Crippen LogP contribution in [0.2, 0.25) is 0 Å². The Morgan fingerprint density at radius 2 is 1.78 bits per heavy atom. The summed E-state index contributed by atoms with van der Waals surface area (Å²) in [4.78, 5) is 23.3. The number of nitrogens with one attached hydrogen (secondary N) is 1. The summed E-state index contributed by atoms with van der Waals surface area (Å²) in [5.41, 5.74) is -1.05. The standard InChI is InChI=1S/C14H23NO3/c1-14(13(17)18,11-7-8-11)15-12(16)9-10-5-3-2-4-6-10/h10-11H,2-9H2,1H3,(H,15,16)(H,17,18). The lowest BCUT2D eigenvalue weighted by Crippen LogP contribution is -2.54. The fourth-order valence-electron chi connectivity index (χ4n) is 2.98. The molecule has 0 bridgehead atoms. The van der Waals surface area contributed by atoms with Gasteiger partial charge in [0.05, 0.1) is 0 Å². The molecular formula is C14H23NO3. The van der Waals surface area contributed by atoms with E-state index in [-0.39, 0.29) is 11.8 Å². The number of hydrogen-bond donors (Lipinski definition) is 2. The first-order chi connectivity index (χ1) is 8.52. The highest BCUT2D eigenvalue weighted by atomic mass is 16.4. The molecule has 0 aliphatic heterocycles. The number of amides is 1. The van der Waals surface area contributed by atoms with E-state index in [9.17, 15) is 14.7 Å². The zero-order valence-electron chi connectivity index (χ0n) is 11.1. The van der Waals surface area contributed by atoms with Gasteiger partial charge in [-0.25, -0.2) is 4.79 Å². The quantitative estimate of drug-likeness (QED) is 0.790. The van der Waals surface area contributed by atoms with Crippen LogP contribution in [0, 0.1) is 11.8 Å². The summed E-state index contributed by atoms with van der Waals surface area (Å²) in [7, 11) is 0. The van der Waals surface area contributed by atoms with Crippen molar-refractivity contribution >= 4 is 11.9 Å². The molecule has 1 atom stereocenters. The summed E-state index contributed by atoms with van der Waals surface area (Å²) >= 11 is 0. The first kappa shape index (κ1) is 13.4. The topological polar surface area (TPSA) is 66.4 Å². The van der Waals surface area contributed by atoms with Crippen LogP contribution in [0.5, 0.6) is 0 Å². The van der Waals surface area contributed by atoms with Crippen molar-refractivity contribution in [2.75, 3.05) is 0 Å². The van der Waals surface area contributed by atoms with Crippen LogP contribution in [0.3, 0.4) is 0 Å². The van der Waals surface area contributed by atoms with Crippen LogP contribution in [-0.4, -0.2) is 22.5 Å². The van der Waals surface area contributed by atoms with Gasteiger partial charge in [-0.1, -0.05) is 19.3 Å². The lowest BCUT2D eigenvalue weighted by Gasteiger charge is -2.28. The third kappa shape index (κ3) is 3.03. The molecule has 2 aliphatic rings. The number of aliphatic carboxylic acids is 1. The van der Waals surface area contributed by atoms with Gasteiger partial charge in [0.15, 0.2) is 0 Å². The molecule has 2 N–H and O–H groups in total. The van der Waals surface area contributed by atoms with Gasteiger partial charge in [0.2, 0.25) is 5.91 Å². The molecule has 4 nitrogen and oxygen atoms in total. The lowest BCUT2D eigenvalue weighted by molar-refractivity contribution is -0.148. The maximum absolute atomic E-state index is 12.0. The van der Waals surface area contributed by atoms with Crippen molar-refractivity contribution in [1.29, 1.82) is 0 Å². The Labute approximate surface area is 108 Å². The molecule has 0 aromatic carbocycles. The van der Waals surface area contributed by atoms with Gasteiger partial charge in [0.1, 0.15) is 5.54 Å². The van der Waals surface area contributed by atoms with Crippen molar-refractivity contribution in [2.45, 2.75) is 63.8 Å². The van der Waals surface area contributed by atoms with Crippen LogP contribution in [0.15, 0.2) is 0 Å². The van der Waals surface area contributed by atoms with E-state index in [2.05, 4.69) is 5.32 Å². The monoisotopic (exact) mass is 253 g/mol. The average molecular weight is 253 g/mol. The average Bonchev–Trinajstić information content (AvgIpc) is 3.13. The number of rotatable bonds is 5. The van der Waals surface area contributed by atoms with Gasteiger partial charge < -0.3 is 10.4 Å². The minimum atomic E-state index is -1.05. The normalized spacial score (nSPS) is 24.3. The highest BCUT2D eigenvalue weighted by Gasteiger charge is 2.48. The van der Waals surface area contributed by atoms with Crippen LogP contribution in [0.4, 0.5) is 0 Å². The van der Waals surface area contributed by atoms with Gasteiger partial charge in [-0.2, -0.15) is 0 Å². The SMILES string of the molecule is CC(NC(=O)CC1CCCCC1)(C(=O)O)C1CC1. The van der Waals surface area contributed by atoms with E-state index in [0.29, 0.717) is 12.3 Å². The van der Waals surface area contributed by atoms with Crippen LogP contribution < -0.4 is 5.32 Å². The molecule has 0 aromatic rings. The molecular weight excluding hydrogens is 230 g/mol. The summed E-state index contributed by atoms with van der Waals surface area (Å²) in [6, 6.07) is 0. The maximum atomic E-state index is 12.0. The third-order valence-corrected chi connectivity index (χ3v) is 4.44. The van der Waals surface area contributed by atoms with E-state index in [1.807, 2.05) is 0 Å². The highest BCUT2D eigenvalue weighted by molar-refractivity contribution is 5.87. The molecule has 4 heteroatoms. The molecule has 0 aromatic heterocycles. The van der Waals surface area contributed by atoms with Gasteiger partial charge in [-0.05, 0) is 44.4 Å². The molecule has 2 rings (SSSR count). The molecule has 1 amide bonds. The largest absolute Gasteiger partial charge is 0.480 e. The van der Waals surface area contributed by atoms with Crippen molar-refractivity contribution in [3.05, 3.63) is 0 Å². The zero-order valence-corrected chi connectivity index (χ0v) is 11.1. The van der Waals surface area contributed by atoms with E-state index in [1.54, 1.807) is 6.92 Å². The molecule has 1 unspecified atom stereocenters. The van der Waals surface area contributed by atoms with Crippen molar-refractivity contribution in [3.8, 4) is 0 Å². The number of carboxylic acid groups (broad SMARTS) is 1. The van der Waals surface area contributed by atoms with Crippen molar-refractivity contribution in [2.24, 2.45) is 11.8 Å². The number of carbonyl (C=O) groups is 2. The first-order valence-corrected chi connectivity index (χ1v) is 7.07. The molecule has 102 valence electrons. The van der Waals surface area contributed by atoms with Gasteiger partial charge >= 0.3 is 5.97 Å².